The summed E-state index contributed by atoms with van der Waals surface area (Å²) >= 11 is 0. The standard InChI is InChI=1S/C25H30N2O2/c1-18-23(16-27(2)20-11-7-4-8-12-20)25(28)22-15-21(13-14-24(22)26-18)29-17-19-9-5-3-6-10-19/h3,5-6,9-10,13-15,20H,4,7-8,11-12,16-17H2,1-2H3,(H,26,28)/p+1. The highest BCUT2D eigenvalue weighted by Gasteiger charge is 2.23. The van der Waals surface area contributed by atoms with Crippen molar-refractivity contribution >= 4 is 10.9 Å². The van der Waals surface area contributed by atoms with Crippen LogP contribution in [0.4, 0.5) is 0 Å². The molecule has 1 unspecified atom stereocenters. The Balaban J connectivity index is 1.57. The smallest absolute Gasteiger partial charge is 0.198 e. The van der Waals surface area contributed by atoms with E-state index in [4.69, 9.17) is 4.74 Å². The van der Waals surface area contributed by atoms with Crippen molar-refractivity contribution in [2.75, 3.05) is 7.05 Å². The van der Waals surface area contributed by atoms with Gasteiger partial charge in [-0.1, -0.05) is 36.8 Å². The lowest BCUT2D eigenvalue weighted by Gasteiger charge is -2.28. The van der Waals surface area contributed by atoms with E-state index in [1.54, 1.807) is 0 Å². The van der Waals surface area contributed by atoms with Crippen LogP contribution < -0.4 is 15.1 Å². The number of rotatable bonds is 6. The van der Waals surface area contributed by atoms with Crippen molar-refractivity contribution in [2.45, 2.75) is 58.2 Å². The summed E-state index contributed by atoms with van der Waals surface area (Å²) in [4.78, 5) is 18.2. The van der Waals surface area contributed by atoms with Crippen molar-refractivity contribution in [1.82, 2.24) is 4.98 Å². The molecule has 1 atom stereocenters. The van der Waals surface area contributed by atoms with Gasteiger partial charge in [-0.15, -0.1) is 0 Å². The summed E-state index contributed by atoms with van der Waals surface area (Å²) in [5.74, 6) is 0.731. The van der Waals surface area contributed by atoms with E-state index >= 15 is 0 Å². The first kappa shape index (κ1) is 19.7. The van der Waals surface area contributed by atoms with Crippen molar-refractivity contribution in [3.8, 4) is 5.75 Å². The first-order chi connectivity index (χ1) is 14.1. The minimum atomic E-state index is 0.136. The predicted octanol–water partition coefficient (Wildman–Crippen LogP) is 3.76. The first-order valence-corrected chi connectivity index (χ1v) is 10.8. The quantitative estimate of drug-likeness (QED) is 0.672. The molecule has 0 spiro atoms. The lowest BCUT2D eigenvalue weighted by atomic mass is 9.94. The topological polar surface area (TPSA) is 46.5 Å². The number of H-pyrrole nitrogens is 1. The number of quaternary nitrogens is 1. The summed E-state index contributed by atoms with van der Waals surface area (Å²) in [5, 5.41) is 0.715. The maximum atomic E-state index is 13.3. The van der Waals surface area contributed by atoms with Gasteiger partial charge in [-0.25, -0.2) is 0 Å². The van der Waals surface area contributed by atoms with Gasteiger partial charge in [0.1, 0.15) is 18.9 Å². The Hall–Kier alpha value is -2.59. The molecule has 3 aromatic rings. The average molecular weight is 392 g/mol. The molecule has 0 saturated heterocycles. The molecular weight excluding hydrogens is 360 g/mol. The van der Waals surface area contributed by atoms with Crippen LogP contribution in [0.1, 0.15) is 48.9 Å². The van der Waals surface area contributed by atoms with Crippen LogP contribution in [0.25, 0.3) is 10.9 Å². The number of hydrogen-bond acceptors (Lipinski definition) is 2. The van der Waals surface area contributed by atoms with Gasteiger partial charge < -0.3 is 14.6 Å². The molecule has 4 heteroatoms. The second kappa shape index (κ2) is 8.83. The third-order valence-corrected chi connectivity index (χ3v) is 6.29. The number of pyridine rings is 1. The Labute approximate surface area is 172 Å². The van der Waals surface area contributed by atoms with Crippen LogP contribution in [0, 0.1) is 6.92 Å². The number of aryl methyl sites for hydroxylation is 1. The van der Waals surface area contributed by atoms with Crippen molar-refractivity contribution in [3.05, 3.63) is 75.6 Å². The van der Waals surface area contributed by atoms with Gasteiger partial charge in [-0.2, -0.15) is 0 Å². The Bertz CT molecular complexity index is 1020. The molecule has 2 aromatic carbocycles. The molecule has 2 N–H and O–H groups in total. The van der Waals surface area contributed by atoms with Crippen LogP contribution >= 0.6 is 0 Å². The number of nitrogens with one attached hydrogen (secondary N) is 2. The van der Waals surface area contributed by atoms with Crippen LogP contribution in [-0.2, 0) is 13.2 Å². The zero-order valence-electron chi connectivity index (χ0n) is 17.5. The summed E-state index contributed by atoms with van der Waals surface area (Å²) < 4.78 is 5.94. The zero-order chi connectivity index (χ0) is 20.2. The Morgan fingerprint density at radius 2 is 1.83 bits per heavy atom. The predicted molar refractivity (Wildman–Crippen MR) is 118 cm³/mol. The second-order valence-electron chi connectivity index (χ2n) is 8.40. The van der Waals surface area contributed by atoms with E-state index in [0.717, 1.165) is 34.6 Å². The SMILES string of the molecule is Cc1[nH]c2ccc(OCc3ccccc3)cc2c(=O)c1C[NH+](C)C1CCCCC1. The molecule has 1 aliphatic rings. The minimum Gasteiger partial charge on any atom is -0.489 e. The Kier molecular flexibility index (Phi) is 6.00. The molecule has 29 heavy (non-hydrogen) atoms. The van der Waals surface area contributed by atoms with Crippen molar-refractivity contribution in [2.24, 2.45) is 0 Å². The highest BCUT2D eigenvalue weighted by molar-refractivity contribution is 5.81. The van der Waals surface area contributed by atoms with E-state index in [0.29, 0.717) is 18.0 Å². The fraction of sp³-hybridized carbons (Fsp3) is 0.400. The molecule has 152 valence electrons. The lowest BCUT2D eigenvalue weighted by molar-refractivity contribution is -0.921. The van der Waals surface area contributed by atoms with Gasteiger partial charge in [0.25, 0.3) is 0 Å². The maximum absolute atomic E-state index is 13.3. The molecule has 1 aliphatic carbocycles. The van der Waals surface area contributed by atoms with Crippen LogP contribution in [-0.4, -0.2) is 18.1 Å². The number of fused-ring (bicyclic) bond motifs is 1. The fourth-order valence-corrected chi connectivity index (χ4v) is 4.49. The van der Waals surface area contributed by atoms with E-state index in [-0.39, 0.29) is 5.43 Å². The number of ether oxygens (including phenoxy) is 1. The van der Waals surface area contributed by atoms with Crippen LogP contribution in [0.15, 0.2) is 53.3 Å². The molecular formula is C25H31N2O2+. The number of aromatic nitrogens is 1. The maximum Gasteiger partial charge on any atom is 0.198 e. The highest BCUT2D eigenvalue weighted by atomic mass is 16.5. The lowest BCUT2D eigenvalue weighted by Crippen LogP contribution is -3.12. The Morgan fingerprint density at radius 3 is 2.59 bits per heavy atom. The van der Waals surface area contributed by atoms with E-state index in [1.165, 1.54) is 37.0 Å². The van der Waals surface area contributed by atoms with Gasteiger partial charge in [-0.05, 0) is 56.4 Å². The fourth-order valence-electron chi connectivity index (χ4n) is 4.49. The summed E-state index contributed by atoms with van der Waals surface area (Å²) in [6.07, 6.45) is 6.53. The average Bonchev–Trinajstić information content (AvgIpc) is 2.76. The van der Waals surface area contributed by atoms with Gasteiger partial charge in [-0.3, -0.25) is 4.79 Å². The van der Waals surface area contributed by atoms with E-state index in [9.17, 15) is 4.79 Å². The molecule has 0 bridgehead atoms. The van der Waals surface area contributed by atoms with Crippen LogP contribution in [0.5, 0.6) is 5.75 Å². The molecule has 0 amide bonds. The largest absolute Gasteiger partial charge is 0.489 e. The van der Waals surface area contributed by atoms with E-state index in [2.05, 4.69) is 12.0 Å². The highest BCUT2D eigenvalue weighted by Crippen LogP contribution is 2.20. The number of hydrogen-bond donors (Lipinski definition) is 2. The van der Waals surface area contributed by atoms with Gasteiger partial charge >= 0.3 is 0 Å². The Morgan fingerprint density at radius 1 is 1.07 bits per heavy atom. The van der Waals surface area contributed by atoms with Gasteiger partial charge in [0.15, 0.2) is 5.43 Å². The van der Waals surface area contributed by atoms with Gasteiger partial charge in [0.2, 0.25) is 0 Å². The summed E-state index contributed by atoms with van der Waals surface area (Å²) in [5.41, 5.74) is 4.01. The third kappa shape index (κ3) is 4.54. The monoisotopic (exact) mass is 391 g/mol. The van der Waals surface area contributed by atoms with Crippen molar-refractivity contribution in [1.29, 1.82) is 0 Å². The summed E-state index contributed by atoms with van der Waals surface area (Å²) in [6.45, 7) is 3.29. The molecule has 1 heterocycles. The van der Waals surface area contributed by atoms with E-state index < -0.39 is 0 Å². The van der Waals surface area contributed by atoms with Crippen LogP contribution in [0.3, 0.4) is 0 Å². The minimum absolute atomic E-state index is 0.136. The third-order valence-electron chi connectivity index (χ3n) is 6.29. The van der Waals surface area contributed by atoms with Gasteiger partial charge in [0.05, 0.1) is 18.7 Å². The molecule has 1 fully saturated rings. The molecule has 0 radical (unpaired) electrons. The molecule has 4 nitrogen and oxygen atoms in total. The van der Waals surface area contributed by atoms with Crippen molar-refractivity contribution < 1.29 is 9.64 Å². The number of benzene rings is 2. The van der Waals surface area contributed by atoms with Crippen LogP contribution in [0.2, 0.25) is 0 Å². The zero-order valence-corrected chi connectivity index (χ0v) is 17.5. The molecule has 1 saturated carbocycles. The molecule has 4 rings (SSSR count). The molecule has 0 aliphatic heterocycles. The van der Waals surface area contributed by atoms with Crippen molar-refractivity contribution in [3.63, 3.8) is 0 Å². The number of aromatic amines is 1. The second-order valence-corrected chi connectivity index (χ2v) is 8.40. The van der Waals surface area contributed by atoms with E-state index in [1.807, 2.05) is 55.5 Å². The molecule has 1 aromatic heterocycles. The summed E-state index contributed by atoms with van der Waals surface area (Å²) in [6, 6.07) is 16.5. The normalized spacial score (nSPS) is 16.1. The summed E-state index contributed by atoms with van der Waals surface area (Å²) in [7, 11) is 2.23. The first-order valence-electron chi connectivity index (χ1n) is 10.8. The van der Waals surface area contributed by atoms with Gasteiger partial charge in [0, 0.05) is 16.6 Å².